The number of nitrogens with zero attached hydrogens (tertiary/aromatic N) is 2. The van der Waals surface area contributed by atoms with Crippen molar-refractivity contribution in [2.24, 2.45) is 0 Å². The number of imide groups is 1. The Labute approximate surface area is 131 Å². The monoisotopic (exact) mass is 321 g/mol. The lowest BCUT2D eigenvalue weighted by Crippen LogP contribution is -2.36. The molecular weight excluding hydrogens is 306 g/mol. The molecule has 1 aromatic rings. The lowest BCUT2D eigenvalue weighted by molar-refractivity contribution is -0.385. The van der Waals surface area contributed by atoms with Gasteiger partial charge in [-0.15, -0.1) is 0 Å². The van der Waals surface area contributed by atoms with Gasteiger partial charge in [-0.2, -0.15) is 0 Å². The normalized spacial score (nSPS) is 14.6. The van der Waals surface area contributed by atoms with Gasteiger partial charge in [0, 0.05) is 25.6 Å². The standard InChI is InChI=1S/C14H15N3O6/c1-8(18)7-15-11(19)5-6-16-13(20)9-3-2-4-10(17(22)23)12(9)14(16)21/h2-4,8,18H,5-7H2,1H3,(H,15,19). The van der Waals surface area contributed by atoms with E-state index in [9.17, 15) is 24.5 Å². The molecule has 9 nitrogen and oxygen atoms in total. The van der Waals surface area contributed by atoms with Gasteiger partial charge in [0.25, 0.3) is 17.5 Å². The third-order valence-electron chi connectivity index (χ3n) is 3.33. The lowest BCUT2D eigenvalue weighted by Gasteiger charge is -2.13. The van der Waals surface area contributed by atoms with Gasteiger partial charge in [0.1, 0.15) is 5.56 Å². The third-order valence-corrected chi connectivity index (χ3v) is 3.33. The minimum absolute atomic E-state index is 0.0337. The number of hydrogen-bond acceptors (Lipinski definition) is 6. The number of nitrogens with one attached hydrogen (secondary N) is 1. The van der Waals surface area contributed by atoms with Crippen LogP contribution in [0.25, 0.3) is 0 Å². The summed E-state index contributed by atoms with van der Waals surface area (Å²) >= 11 is 0. The molecule has 122 valence electrons. The number of amides is 3. The van der Waals surface area contributed by atoms with E-state index in [4.69, 9.17) is 5.11 Å². The maximum absolute atomic E-state index is 12.2. The minimum atomic E-state index is -0.777. The predicted molar refractivity (Wildman–Crippen MR) is 77.8 cm³/mol. The Kier molecular flexibility index (Phi) is 4.70. The molecule has 0 spiro atoms. The van der Waals surface area contributed by atoms with Gasteiger partial charge < -0.3 is 10.4 Å². The summed E-state index contributed by atoms with van der Waals surface area (Å²) in [6.45, 7) is 1.38. The van der Waals surface area contributed by atoms with Crippen LogP contribution >= 0.6 is 0 Å². The maximum atomic E-state index is 12.2. The van der Waals surface area contributed by atoms with Crippen LogP contribution in [0.3, 0.4) is 0 Å². The first-order chi connectivity index (χ1) is 10.8. The number of nitro benzene ring substituents is 1. The van der Waals surface area contributed by atoms with Crippen LogP contribution in [0, 0.1) is 10.1 Å². The Morgan fingerprint density at radius 2 is 2.09 bits per heavy atom. The Balaban J connectivity index is 2.11. The summed E-state index contributed by atoms with van der Waals surface area (Å²) in [5.41, 5.74) is -0.706. The number of hydrogen-bond donors (Lipinski definition) is 2. The fourth-order valence-electron chi connectivity index (χ4n) is 2.23. The lowest BCUT2D eigenvalue weighted by atomic mass is 10.1. The number of carbonyl (C=O) groups excluding carboxylic acids is 3. The Hall–Kier alpha value is -2.81. The summed E-state index contributed by atoms with van der Waals surface area (Å²) in [5.74, 6) is -1.87. The van der Waals surface area contributed by atoms with Gasteiger partial charge in [-0.3, -0.25) is 29.4 Å². The number of fused-ring (bicyclic) bond motifs is 1. The minimum Gasteiger partial charge on any atom is -0.392 e. The van der Waals surface area contributed by atoms with Gasteiger partial charge >= 0.3 is 0 Å². The van der Waals surface area contributed by atoms with E-state index in [0.717, 1.165) is 11.0 Å². The second kappa shape index (κ2) is 6.53. The van der Waals surface area contributed by atoms with Crippen LogP contribution in [0.4, 0.5) is 5.69 Å². The highest BCUT2D eigenvalue weighted by Crippen LogP contribution is 2.30. The maximum Gasteiger partial charge on any atom is 0.282 e. The SMILES string of the molecule is CC(O)CNC(=O)CCN1C(=O)c2cccc([N+](=O)[O-])c2C1=O. The average Bonchev–Trinajstić information content (AvgIpc) is 2.74. The second-order valence-electron chi connectivity index (χ2n) is 5.12. The van der Waals surface area contributed by atoms with Crippen molar-refractivity contribution < 1.29 is 24.4 Å². The van der Waals surface area contributed by atoms with E-state index in [-0.39, 0.29) is 30.6 Å². The molecule has 0 aliphatic carbocycles. The highest BCUT2D eigenvalue weighted by atomic mass is 16.6. The largest absolute Gasteiger partial charge is 0.392 e. The first kappa shape index (κ1) is 16.6. The summed E-state index contributed by atoms with van der Waals surface area (Å²) in [4.78, 5) is 47.1. The van der Waals surface area contributed by atoms with Crippen LogP contribution < -0.4 is 5.32 Å². The molecular formula is C14H15N3O6. The van der Waals surface area contributed by atoms with E-state index in [2.05, 4.69) is 5.32 Å². The second-order valence-corrected chi connectivity index (χ2v) is 5.12. The molecule has 0 saturated carbocycles. The average molecular weight is 321 g/mol. The molecule has 3 amide bonds. The summed E-state index contributed by atoms with van der Waals surface area (Å²) in [5, 5.41) is 22.5. The van der Waals surface area contributed by atoms with Gasteiger partial charge in [0.15, 0.2) is 0 Å². The molecule has 2 N–H and O–H groups in total. The van der Waals surface area contributed by atoms with Gasteiger partial charge in [-0.05, 0) is 13.0 Å². The summed E-state index contributed by atoms with van der Waals surface area (Å²) in [6.07, 6.45) is -0.854. The van der Waals surface area contributed by atoms with Crippen LogP contribution in [0.15, 0.2) is 18.2 Å². The number of aliphatic hydroxyl groups excluding tert-OH is 1. The summed E-state index contributed by atoms with van der Waals surface area (Å²) in [6, 6.07) is 3.83. The summed E-state index contributed by atoms with van der Waals surface area (Å²) in [7, 11) is 0. The van der Waals surface area contributed by atoms with Crippen molar-refractivity contribution in [1.29, 1.82) is 0 Å². The fraction of sp³-hybridized carbons (Fsp3) is 0.357. The molecule has 1 aliphatic heterocycles. The molecule has 9 heteroatoms. The highest BCUT2D eigenvalue weighted by molar-refractivity contribution is 6.23. The van der Waals surface area contributed by atoms with Gasteiger partial charge in [0.2, 0.25) is 5.91 Å². The van der Waals surface area contributed by atoms with E-state index in [1.807, 2.05) is 0 Å². The third kappa shape index (κ3) is 3.34. The zero-order valence-corrected chi connectivity index (χ0v) is 12.3. The molecule has 2 rings (SSSR count). The Bertz CT molecular complexity index is 685. The van der Waals surface area contributed by atoms with E-state index >= 15 is 0 Å². The van der Waals surface area contributed by atoms with Crippen molar-refractivity contribution in [3.05, 3.63) is 39.4 Å². The van der Waals surface area contributed by atoms with E-state index in [0.29, 0.717) is 0 Å². The van der Waals surface area contributed by atoms with Crippen molar-refractivity contribution in [1.82, 2.24) is 10.2 Å². The zero-order valence-electron chi connectivity index (χ0n) is 12.3. The highest BCUT2D eigenvalue weighted by Gasteiger charge is 2.40. The van der Waals surface area contributed by atoms with Crippen molar-refractivity contribution in [3.8, 4) is 0 Å². The zero-order chi connectivity index (χ0) is 17.1. The first-order valence-electron chi connectivity index (χ1n) is 6.91. The first-order valence-corrected chi connectivity index (χ1v) is 6.91. The van der Waals surface area contributed by atoms with Crippen molar-refractivity contribution >= 4 is 23.4 Å². The molecule has 1 unspecified atom stereocenters. The molecule has 1 heterocycles. The molecule has 1 aromatic carbocycles. The van der Waals surface area contributed by atoms with E-state index in [1.54, 1.807) is 0 Å². The van der Waals surface area contributed by atoms with Crippen LogP contribution in [-0.4, -0.2) is 51.8 Å². The quantitative estimate of drug-likeness (QED) is 0.433. The van der Waals surface area contributed by atoms with Crippen LogP contribution in [-0.2, 0) is 4.79 Å². The molecule has 1 atom stereocenters. The number of nitro groups is 1. The van der Waals surface area contributed by atoms with E-state index in [1.165, 1.54) is 19.1 Å². The van der Waals surface area contributed by atoms with Crippen molar-refractivity contribution in [2.45, 2.75) is 19.4 Å². The molecule has 0 bridgehead atoms. The Morgan fingerprint density at radius 1 is 1.39 bits per heavy atom. The number of rotatable bonds is 6. The van der Waals surface area contributed by atoms with Gasteiger partial charge in [0.05, 0.1) is 16.6 Å². The van der Waals surface area contributed by atoms with Crippen LogP contribution in [0.5, 0.6) is 0 Å². The number of aliphatic hydroxyl groups is 1. The topological polar surface area (TPSA) is 130 Å². The molecule has 0 fully saturated rings. The molecule has 23 heavy (non-hydrogen) atoms. The number of benzene rings is 1. The van der Waals surface area contributed by atoms with Crippen LogP contribution in [0.1, 0.15) is 34.1 Å². The number of carbonyl (C=O) groups is 3. The van der Waals surface area contributed by atoms with E-state index < -0.39 is 34.4 Å². The smallest absolute Gasteiger partial charge is 0.282 e. The van der Waals surface area contributed by atoms with Crippen molar-refractivity contribution in [2.75, 3.05) is 13.1 Å². The molecule has 0 aromatic heterocycles. The predicted octanol–water partition coefficient (Wildman–Crippen LogP) is 0.0779. The summed E-state index contributed by atoms with van der Waals surface area (Å²) < 4.78 is 0. The molecule has 1 aliphatic rings. The fourth-order valence-corrected chi connectivity index (χ4v) is 2.23. The van der Waals surface area contributed by atoms with Crippen molar-refractivity contribution in [3.63, 3.8) is 0 Å². The van der Waals surface area contributed by atoms with Crippen LogP contribution in [0.2, 0.25) is 0 Å². The molecule has 0 radical (unpaired) electrons. The Morgan fingerprint density at radius 3 is 2.70 bits per heavy atom. The molecule has 0 saturated heterocycles. The van der Waals surface area contributed by atoms with Gasteiger partial charge in [-0.25, -0.2) is 0 Å². The van der Waals surface area contributed by atoms with Gasteiger partial charge in [-0.1, -0.05) is 6.07 Å².